The summed E-state index contributed by atoms with van der Waals surface area (Å²) >= 11 is 1.38. The summed E-state index contributed by atoms with van der Waals surface area (Å²) in [7, 11) is 1.37. The van der Waals surface area contributed by atoms with Crippen LogP contribution in [0.2, 0.25) is 0 Å². The zero-order valence-corrected chi connectivity index (χ0v) is 13.7. The quantitative estimate of drug-likeness (QED) is 0.923. The highest BCUT2D eigenvalue weighted by Gasteiger charge is 2.25. The summed E-state index contributed by atoms with van der Waals surface area (Å²) in [4.78, 5) is 30.8. The topological polar surface area (TPSA) is 89.4 Å². The van der Waals surface area contributed by atoms with Gasteiger partial charge in [-0.2, -0.15) is 5.10 Å². The highest BCUT2D eigenvalue weighted by atomic mass is 32.1. The first kappa shape index (κ1) is 15.5. The number of thiazole rings is 1. The molecule has 2 aromatic heterocycles. The molecule has 0 fully saturated rings. The number of aryl methyl sites for hydroxylation is 1. The van der Waals surface area contributed by atoms with Crippen LogP contribution >= 0.6 is 11.3 Å². The number of nitrogens with one attached hydrogen (secondary N) is 1. The van der Waals surface area contributed by atoms with Crippen LogP contribution in [0.3, 0.4) is 0 Å². The van der Waals surface area contributed by atoms with Gasteiger partial charge in [0.2, 0.25) is 0 Å². The molecule has 3 rings (SSSR count). The van der Waals surface area contributed by atoms with Gasteiger partial charge in [-0.05, 0) is 13.0 Å². The van der Waals surface area contributed by atoms with Crippen LogP contribution in [0.1, 0.15) is 28.0 Å². The molecule has 1 aliphatic heterocycles. The normalized spacial score (nSPS) is 13.6. The van der Waals surface area contributed by atoms with Crippen LogP contribution in [0, 0.1) is 0 Å². The van der Waals surface area contributed by atoms with Crippen LogP contribution in [-0.4, -0.2) is 45.3 Å². The Labute approximate surface area is 137 Å². The third-order valence-electron chi connectivity index (χ3n) is 3.58. The second-order valence-electron chi connectivity index (χ2n) is 5.04. The van der Waals surface area contributed by atoms with E-state index in [9.17, 15) is 9.59 Å². The second kappa shape index (κ2) is 6.37. The van der Waals surface area contributed by atoms with Gasteiger partial charge in [0.25, 0.3) is 5.91 Å². The van der Waals surface area contributed by atoms with Crippen molar-refractivity contribution in [1.29, 1.82) is 0 Å². The van der Waals surface area contributed by atoms with Crippen molar-refractivity contribution >= 4 is 28.5 Å². The van der Waals surface area contributed by atoms with Crippen molar-refractivity contribution in [2.75, 3.05) is 19.0 Å². The highest BCUT2D eigenvalue weighted by molar-refractivity contribution is 7.15. The van der Waals surface area contributed by atoms with Crippen LogP contribution in [0.5, 0.6) is 0 Å². The summed E-state index contributed by atoms with van der Waals surface area (Å²) in [5, 5.41) is 7.46. The average molecular weight is 335 g/mol. The fourth-order valence-corrected chi connectivity index (χ4v) is 3.37. The molecule has 0 saturated heterocycles. The van der Waals surface area contributed by atoms with Crippen LogP contribution in [0.4, 0.5) is 9.93 Å². The number of hydrogen-bond acceptors (Lipinski definition) is 6. The van der Waals surface area contributed by atoms with E-state index in [1.165, 1.54) is 18.4 Å². The maximum atomic E-state index is 12.2. The van der Waals surface area contributed by atoms with Crippen molar-refractivity contribution < 1.29 is 14.3 Å². The van der Waals surface area contributed by atoms with E-state index in [2.05, 4.69) is 15.4 Å². The van der Waals surface area contributed by atoms with Crippen molar-refractivity contribution in [2.24, 2.45) is 0 Å². The van der Waals surface area contributed by atoms with E-state index in [1.54, 1.807) is 21.8 Å². The Bertz CT molecular complexity index is 739. The zero-order valence-electron chi connectivity index (χ0n) is 12.9. The summed E-state index contributed by atoms with van der Waals surface area (Å²) in [6.45, 7) is 3.69. The van der Waals surface area contributed by atoms with Gasteiger partial charge >= 0.3 is 6.09 Å². The Morgan fingerprint density at radius 3 is 3.00 bits per heavy atom. The highest BCUT2D eigenvalue weighted by Crippen LogP contribution is 2.28. The number of hydrogen-bond donors (Lipinski definition) is 1. The van der Waals surface area contributed by atoms with Crippen LogP contribution in [0.25, 0.3) is 0 Å². The maximum Gasteiger partial charge on any atom is 0.409 e. The number of aromatic nitrogens is 3. The van der Waals surface area contributed by atoms with Gasteiger partial charge in [-0.15, -0.1) is 0 Å². The number of amides is 2. The number of carbonyl (C=O) groups is 2. The molecule has 2 amide bonds. The maximum absolute atomic E-state index is 12.2. The zero-order chi connectivity index (χ0) is 16.4. The molecule has 9 heteroatoms. The number of nitrogens with zero attached hydrogens (tertiary/aromatic N) is 4. The SMILES string of the molecule is CCn1ccc(C(=O)Nc2nc3c(s2)CN(C(=O)OC)CC3)n1. The van der Waals surface area contributed by atoms with Crippen molar-refractivity contribution in [3.05, 3.63) is 28.5 Å². The molecule has 0 bridgehead atoms. The number of carbonyl (C=O) groups excluding carboxylic acids is 2. The lowest BCUT2D eigenvalue weighted by molar-refractivity contribution is 0.102. The van der Waals surface area contributed by atoms with E-state index < -0.39 is 0 Å². The second-order valence-corrected chi connectivity index (χ2v) is 6.12. The van der Waals surface area contributed by atoms with Gasteiger partial charge in [0.1, 0.15) is 0 Å². The number of rotatable bonds is 3. The van der Waals surface area contributed by atoms with Gasteiger partial charge in [0.05, 0.1) is 19.3 Å². The van der Waals surface area contributed by atoms with Gasteiger partial charge in [0, 0.05) is 30.6 Å². The Morgan fingerprint density at radius 2 is 2.30 bits per heavy atom. The molecule has 0 radical (unpaired) electrons. The lowest BCUT2D eigenvalue weighted by Gasteiger charge is -2.24. The number of methoxy groups -OCH3 is 1. The van der Waals surface area contributed by atoms with E-state index in [-0.39, 0.29) is 12.0 Å². The minimum atomic E-state index is -0.347. The summed E-state index contributed by atoms with van der Waals surface area (Å²) in [5.74, 6) is -0.284. The van der Waals surface area contributed by atoms with Gasteiger partial charge < -0.3 is 9.64 Å². The fraction of sp³-hybridized carbons (Fsp3) is 0.429. The van der Waals surface area contributed by atoms with Gasteiger partial charge in [-0.25, -0.2) is 9.78 Å². The largest absolute Gasteiger partial charge is 0.453 e. The van der Waals surface area contributed by atoms with E-state index >= 15 is 0 Å². The van der Waals surface area contributed by atoms with E-state index in [0.29, 0.717) is 36.9 Å². The van der Waals surface area contributed by atoms with Crippen molar-refractivity contribution in [2.45, 2.75) is 26.4 Å². The third-order valence-corrected chi connectivity index (χ3v) is 4.58. The average Bonchev–Trinajstić information content (AvgIpc) is 3.19. The Balaban J connectivity index is 1.70. The van der Waals surface area contributed by atoms with Crippen LogP contribution < -0.4 is 5.32 Å². The lowest BCUT2D eigenvalue weighted by atomic mass is 10.2. The monoisotopic (exact) mass is 335 g/mol. The minimum Gasteiger partial charge on any atom is -0.453 e. The molecule has 0 saturated carbocycles. The number of anilines is 1. The fourth-order valence-electron chi connectivity index (χ4n) is 2.35. The minimum absolute atomic E-state index is 0.284. The standard InChI is InChI=1S/C14H17N5O3S/c1-3-19-7-5-10(17-19)12(20)16-13-15-9-4-6-18(14(21)22-2)8-11(9)23-13/h5,7H,3-4,6,8H2,1-2H3,(H,15,16,20). The Morgan fingerprint density at radius 1 is 1.48 bits per heavy atom. The summed E-state index contributed by atoms with van der Waals surface area (Å²) in [5.41, 5.74) is 1.28. The molecule has 0 spiro atoms. The first-order valence-electron chi connectivity index (χ1n) is 7.27. The van der Waals surface area contributed by atoms with Crippen molar-refractivity contribution in [1.82, 2.24) is 19.7 Å². The summed E-state index contributed by atoms with van der Waals surface area (Å²) < 4.78 is 6.43. The number of fused-ring (bicyclic) bond motifs is 1. The molecule has 0 aromatic carbocycles. The lowest BCUT2D eigenvalue weighted by Crippen LogP contribution is -2.35. The van der Waals surface area contributed by atoms with Gasteiger partial charge in [0.15, 0.2) is 10.8 Å². The van der Waals surface area contributed by atoms with Gasteiger partial charge in [-0.1, -0.05) is 11.3 Å². The predicted molar refractivity (Wildman–Crippen MR) is 84.5 cm³/mol. The Kier molecular flexibility index (Phi) is 4.28. The summed E-state index contributed by atoms with van der Waals surface area (Å²) in [6.07, 6.45) is 2.07. The molecule has 1 aliphatic rings. The molecule has 1 N–H and O–H groups in total. The molecule has 23 heavy (non-hydrogen) atoms. The molecular weight excluding hydrogens is 318 g/mol. The first-order chi connectivity index (χ1) is 11.1. The van der Waals surface area contributed by atoms with Gasteiger partial charge in [-0.3, -0.25) is 14.8 Å². The molecule has 0 aliphatic carbocycles. The van der Waals surface area contributed by atoms with E-state index in [1.807, 2.05) is 6.92 Å². The molecular formula is C14H17N5O3S. The molecule has 2 aromatic rings. The van der Waals surface area contributed by atoms with E-state index in [0.717, 1.165) is 10.6 Å². The third kappa shape index (κ3) is 3.19. The molecule has 122 valence electrons. The van der Waals surface area contributed by atoms with Crippen molar-refractivity contribution in [3.8, 4) is 0 Å². The first-order valence-corrected chi connectivity index (χ1v) is 8.08. The predicted octanol–water partition coefficient (Wildman–Crippen LogP) is 1.74. The molecule has 0 atom stereocenters. The van der Waals surface area contributed by atoms with E-state index in [4.69, 9.17) is 4.74 Å². The molecule has 0 unspecified atom stereocenters. The van der Waals surface area contributed by atoms with Crippen molar-refractivity contribution in [3.63, 3.8) is 0 Å². The molecule has 3 heterocycles. The smallest absolute Gasteiger partial charge is 0.409 e. The molecule has 8 nitrogen and oxygen atoms in total. The Hall–Kier alpha value is -2.42. The van der Waals surface area contributed by atoms with Crippen LogP contribution in [0.15, 0.2) is 12.3 Å². The summed E-state index contributed by atoms with van der Waals surface area (Å²) in [6, 6.07) is 1.67. The van der Waals surface area contributed by atoms with Crippen LogP contribution in [-0.2, 0) is 24.2 Å². The number of ether oxygens (including phenoxy) is 1.